The topological polar surface area (TPSA) is 26.3 Å². The summed E-state index contributed by atoms with van der Waals surface area (Å²) in [6, 6.07) is 6.45. The summed E-state index contributed by atoms with van der Waals surface area (Å²) in [5.41, 5.74) is 4.30. The molecular formula is C20H26O2S. The van der Waals surface area contributed by atoms with Gasteiger partial charge in [0.1, 0.15) is 5.75 Å². The Morgan fingerprint density at radius 2 is 1.48 bits per heavy atom. The largest absolute Gasteiger partial charge is 0.426 e. The number of rotatable bonds is 2. The van der Waals surface area contributed by atoms with Gasteiger partial charge in [0.25, 0.3) is 0 Å². The summed E-state index contributed by atoms with van der Waals surface area (Å²) < 4.78 is 5.67. The van der Waals surface area contributed by atoms with Gasteiger partial charge < -0.3 is 4.74 Å². The van der Waals surface area contributed by atoms with E-state index in [0.717, 1.165) is 16.9 Å². The predicted molar refractivity (Wildman–Crippen MR) is 98.5 cm³/mol. The number of esters is 1. The second-order valence-corrected chi connectivity index (χ2v) is 8.79. The Hall–Kier alpha value is -1.61. The summed E-state index contributed by atoms with van der Waals surface area (Å²) in [6.45, 7) is 14.4. The molecule has 0 saturated carbocycles. The Balaban J connectivity index is 2.80. The quantitative estimate of drug-likeness (QED) is 0.503. The SMILES string of the molecule is CC(=O)Oc1c(C(C)(C)C)cc(-c2ccsc2)cc1C(C)(C)C. The third kappa shape index (κ3) is 4.03. The molecule has 1 heterocycles. The van der Waals surface area contributed by atoms with Crippen molar-refractivity contribution >= 4 is 17.3 Å². The van der Waals surface area contributed by atoms with Crippen LogP contribution in [-0.2, 0) is 15.6 Å². The van der Waals surface area contributed by atoms with Gasteiger partial charge in [0.05, 0.1) is 0 Å². The van der Waals surface area contributed by atoms with E-state index in [0.29, 0.717) is 0 Å². The van der Waals surface area contributed by atoms with Crippen LogP contribution in [0.3, 0.4) is 0 Å². The number of benzene rings is 1. The second kappa shape index (κ2) is 6.12. The molecule has 1 aromatic heterocycles. The zero-order valence-electron chi connectivity index (χ0n) is 15.1. The molecule has 0 aliphatic heterocycles. The minimum Gasteiger partial charge on any atom is -0.426 e. The van der Waals surface area contributed by atoms with Crippen molar-refractivity contribution in [2.75, 3.05) is 0 Å². The highest BCUT2D eigenvalue weighted by atomic mass is 32.1. The lowest BCUT2D eigenvalue weighted by Gasteiger charge is -2.30. The molecule has 0 unspecified atom stereocenters. The molecule has 3 heteroatoms. The second-order valence-electron chi connectivity index (χ2n) is 8.01. The average Bonchev–Trinajstić information content (AvgIpc) is 2.89. The fraction of sp³-hybridized carbons (Fsp3) is 0.450. The minimum absolute atomic E-state index is 0.114. The van der Waals surface area contributed by atoms with E-state index in [9.17, 15) is 4.79 Å². The van der Waals surface area contributed by atoms with Gasteiger partial charge in [0.15, 0.2) is 0 Å². The molecule has 0 spiro atoms. The molecule has 2 aromatic rings. The van der Waals surface area contributed by atoms with Gasteiger partial charge in [-0.1, -0.05) is 41.5 Å². The van der Waals surface area contributed by atoms with Gasteiger partial charge in [-0.3, -0.25) is 4.79 Å². The van der Waals surface area contributed by atoms with Crippen LogP contribution in [0.2, 0.25) is 0 Å². The van der Waals surface area contributed by atoms with Crippen molar-refractivity contribution in [2.45, 2.75) is 59.3 Å². The first-order valence-electron chi connectivity index (χ1n) is 7.90. The Labute approximate surface area is 143 Å². The number of thiophene rings is 1. The summed E-state index contributed by atoms with van der Waals surface area (Å²) in [5, 5.41) is 4.24. The normalized spacial score (nSPS) is 12.3. The highest BCUT2D eigenvalue weighted by molar-refractivity contribution is 7.08. The molecule has 0 N–H and O–H groups in total. The lowest BCUT2D eigenvalue weighted by Crippen LogP contribution is -2.21. The van der Waals surface area contributed by atoms with Crippen LogP contribution in [0.5, 0.6) is 5.75 Å². The zero-order chi connectivity index (χ0) is 17.4. The monoisotopic (exact) mass is 330 g/mol. The van der Waals surface area contributed by atoms with Gasteiger partial charge in [-0.25, -0.2) is 0 Å². The maximum atomic E-state index is 11.7. The Kier molecular flexibility index (Phi) is 4.72. The Morgan fingerprint density at radius 1 is 0.957 bits per heavy atom. The molecule has 2 rings (SSSR count). The van der Waals surface area contributed by atoms with E-state index >= 15 is 0 Å². The van der Waals surface area contributed by atoms with Crippen molar-refractivity contribution in [2.24, 2.45) is 0 Å². The van der Waals surface area contributed by atoms with Crippen molar-refractivity contribution in [3.05, 3.63) is 40.1 Å². The molecule has 0 amide bonds. The summed E-state index contributed by atoms with van der Waals surface area (Å²) >= 11 is 1.69. The van der Waals surface area contributed by atoms with Gasteiger partial charge in [-0.15, -0.1) is 0 Å². The number of ether oxygens (including phenoxy) is 1. The molecule has 23 heavy (non-hydrogen) atoms. The van der Waals surface area contributed by atoms with E-state index in [1.165, 1.54) is 18.1 Å². The third-order valence-electron chi connectivity index (χ3n) is 3.81. The fourth-order valence-electron chi connectivity index (χ4n) is 2.59. The molecule has 0 aliphatic carbocycles. The van der Waals surface area contributed by atoms with Crippen LogP contribution >= 0.6 is 11.3 Å². The van der Waals surface area contributed by atoms with Crippen LogP contribution in [0.25, 0.3) is 11.1 Å². The molecule has 0 aliphatic rings. The highest BCUT2D eigenvalue weighted by Gasteiger charge is 2.29. The third-order valence-corrected chi connectivity index (χ3v) is 4.49. The zero-order valence-corrected chi connectivity index (χ0v) is 15.9. The molecular weight excluding hydrogens is 304 g/mol. The lowest BCUT2D eigenvalue weighted by molar-refractivity contribution is -0.132. The van der Waals surface area contributed by atoms with Crippen LogP contribution in [0.4, 0.5) is 0 Å². The van der Waals surface area contributed by atoms with Crippen LogP contribution in [0, 0.1) is 0 Å². The van der Waals surface area contributed by atoms with E-state index in [2.05, 4.69) is 70.5 Å². The van der Waals surface area contributed by atoms with Crippen LogP contribution < -0.4 is 4.74 Å². The fourth-order valence-corrected chi connectivity index (χ4v) is 3.26. The van der Waals surface area contributed by atoms with Crippen LogP contribution in [-0.4, -0.2) is 5.97 Å². The van der Waals surface area contributed by atoms with Crippen molar-refractivity contribution < 1.29 is 9.53 Å². The molecule has 0 saturated heterocycles. The van der Waals surface area contributed by atoms with E-state index in [1.54, 1.807) is 11.3 Å². The maximum absolute atomic E-state index is 11.7. The number of hydrogen-bond donors (Lipinski definition) is 0. The van der Waals surface area contributed by atoms with Gasteiger partial charge in [0, 0.05) is 18.1 Å². The Morgan fingerprint density at radius 3 is 1.83 bits per heavy atom. The van der Waals surface area contributed by atoms with Gasteiger partial charge in [-0.05, 0) is 50.9 Å². The molecule has 2 nitrogen and oxygen atoms in total. The van der Waals surface area contributed by atoms with Crippen molar-refractivity contribution in [1.82, 2.24) is 0 Å². The summed E-state index contributed by atoms with van der Waals surface area (Å²) in [4.78, 5) is 11.7. The smallest absolute Gasteiger partial charge is 0.308 e. The van der Waals surface area contributed by atoms with E-state index in [1.807, 2.05) is 0 Å². The maximum Gasteiger partial charge on any atom is 0.308 e. The van der Waals surface area contributed by atoms with E-state index in [-0.39, 0.29) is 16.8 Å². The van der Waals surface area contributed by atoms with Gasteiger partial charge >= 0.3 is 5.97 Å². The lowest BCUT2D eigenvalue weighted by atomic mass is 9.78. The summed E-state index contributed by atoms with van der Waals surface area (Å²) in [5.74, 6) is 0.445. The van der Waals surface area contributed by atoms with Gasteiger partial charge in [0.2, 0.25) is 0 Å². The van der Waals surface area contributed by atoms with Gasteiger partial charge in [-0.2, -0.15) is 11.3 Å². The minimum atomic E-state index is -0.274. The highest BCUT2D eigenvalue weighted by Crippen LogP contribution is 2.43. The standard InChI is InChI=1S/C20H26O2S/c1-13(21)22-18-16(19(2,3)4)10-15(14-8-9-23-12-14)11-17(18)20(5,6)7/h8-12H,1-7H3. The summed E-state index contributed by atoms with van der Waals surface area (Å²) in [6.07, 6.45) is 0. The molecule has 0 atom stereocenters. The number of hydrogen-bond acceptors (Lipinski definition) is 3. The number of carbonyl (C=O) groups excluding carboxylic acids is 1. The first-order valence-corrected chi connectivity index (χ1v) is 8.84. The predicted octanol–water partition coefficient (Wildman–Crippen LogP) is 5.94. The first-order chi connectivity index (χ1) is 10.5. The molecule has 0 bridgehead atoms. The van der Waals surface area contributed by atoms with Crippen LogP contribution in [0.1, 0.15) is 59.6 Å². The summed E-state index contributed by atoms with van der Waals surface area (Å²) in [7, 11) is 0. The Bertz CT molecular complexity index is 663. The number of carbonyl (C=O) groups is 1. The molecule has 1 aromatic carbocycles. The molecule has 0 radical (unpaired) electrons. The molecule has 124 valence electrons. The average molecular weight is 330 g/mol. The van der Waals surface area contributed by atoms with Crippen molar-refractivity contribution in [1.29, 1.82) is 0 Å². The van der Waals surface area contributed by atoms with E-state index < -0.39 is 0 Å². The first kappa shape index (κ1) is 17.7. The van der Waals surface area contributed by atoms with Crippen molar-refractivity contribution in [3.8, 4) is 16.9 Å². The van der Waals surface area contributed by atoms with E-state index in [4.69, 9.17) is 4.74 Å². The molecule has 0 fully saturated rings. The van der Waals surface area contributed by atoms with Crippen molar-refractivity contribution in [3.63, 3.8) is 0 Å². The van der Waals surface area contributed by atoms with Crippen LogP contribution in [0.15, 0.2) is 29.0 Å².